The van der Waals surface area contributed by atoms with E-state index >= 15 is 0 Å². The van der Waals surface area contributed by atoms with Gasteiger partial charge in [-0.25, -0.2) is 0 Å². The van der Waals surface area contributed by atoms with Crippen LogP contribution in [0.15, 0.2) is 9.52 Å². The fourth-order valence-electron chi connectivity index (χ4n) is 2.92. The van der Waals surface area contributed by atoms with Crippen LogP contribution in [0.2, 0.25) is 0 Å². The van der Waals surface area contributed by atoms with Gasteiger partial charge in [0.05, 0.1) is 18.9 Å². The molecule has 1 unspecified atom stereocenters. The quantitative estimate of drug-likeness (QED) is 0.442. The molecule has 1 aliphatic heterocycles. The molecule has 1 aliphatic rings. The van der Waals surface area contributed by atoms with Crippen molar-refractivity contribution in [2.45, 2.75) is 33.1 Å². The van der Waals surface area contributed by atoms with Crippen LogP contribution in [0.25, 0.3) is 0 Å². The van der Waals surface area contributed by atoms with Crippen molar-refractivity contribution in [3.63, 3.8) is 0 Å². The van der Waals surface area contributed by atoms with Crippen LogP contribution in [-0.2, 0) is 4.74 Å². The molecule has 0 amide bonds. The number of hydrogen-bond donors (Lipinski definition) is 2. The van der Waals surface area contributed by atoms with Crippen molar-refractivity contribution >= 4 is 5.96 Å². The van der Waals surface area contributed by atoms with Crippen LogP contribution in [-0.4, -0.2) is 62.0 Å². The number of nitrogens with two attached hydrogens (primary N) is 1. The molecule has 0 saturated carbocycles. The number of nitrogens with one attached hydrogen (secondary N) is 1. The summed E-state index contributed by atoms with van der Waals surface area (Å²) < 4.78 is 10.5. The van der Waals surface area contributed by atoms with Gasteiger partial charge in [-0.1, -0.05) is 12.1 Å². The molecule has 2 heterocycles. The van der Waals surface area contributed by atoms with Gasteiger partial charge in [0.2, 0.25) is 0 Å². The number of hydrogen-bond acceptors (Lipinski definition) is 5. The lowest BCUT2D eigenvalue weighted by Gasteiger charge is -2.26. The van der Waals surface area contributed by atoms with Crippen LogP contribution in [0.4, 0.5) is 0 Å². The first-order valence-electron chi connectivity index (χ1n) is 8.34. The van der Waals surface area contributed by atoms with E-state index in [4.69, 9.17) is 15.0 Å². The van der Waals surface area contributed by atoms with Crippen molar-refractivity contribution in [2.24, 2.45) is 10.7 Å². The second-order valence-corrected chi connectivity index (χ2v) is 6.10. The van der Waals surface area contributed by atoms with Crippen molar-refractivity contribution in [3.8, 4) is 0 Å². The second kappa shape index (κ2) is 8.88. The fraction of sp³-hybridized carbons (Fsp3) is 0.750. The number of aryl methyl sites for hydroxylation is 2. The smallest absolute Gasteiger partial charge is 0.188 e. The molecule has 0 aliphatic carbocycles. The Balaban J connectivity index is 1.66. The highest BCUT2D eigenvalue weighted by molar-refractivity contribution is 5.77. The van der Waals surface area contributed by atoms with Crippen LogP contribution in [0.3, 0.4) is 0 Å². The predicted molar refractivity (Wildman–Crippen MR) is 90.8 cm³/mol. The summed E-state index contributed by atoms with van der Waals surface area (Å²) in [5.74, 6) is 1.61. The van der Waals surface area contributed by atoms with Gasteiger partial charge in [0.25, 0.3) is 0 Å². The summed E-state index contributed by atoms with van der Waals surface area (Å²) in [5.41, 5.74) is 8.00. The lowest BCUT2D eigenvalue weighted by atomic mass is 10.00. The predicted octanol–water partition coefficient (Wildman–Crippen LogP) is 1.02. The Kier molecular flexibility index (Phi) is 6.85. The van der Waals surface area contributed by atoms with Gasteiger partial charge in [-0.2, -0.15) is 0 Å². The number of aromatic nitrogens is 1. The maximum absolute atomic E-state index is 5.94. The minimum atomic E-state index is 0.245. The standard InChI is InChI=1S/C16H29N5O2/c1-12(15-13(2)20-23-14(15)3)11-19-16(17)18-5-4-6-21-7-9-22-10-8-21/h12H,4-11H2,1-3H3,(H3,17,18,19). The third-order valence-electron chi connectivity index (χ3n) is 4.18. The molecule has 1 saturated heterocycles. The Morgan fingerprint density at radius 2 is 2.13 bits per heavy atom. The number of ether oxygens (including phenoxy) is 1. The number of aliphatic imine (C=N–C) groups is 1. The van der Waals surface area contributed by atoms with Crippen molar-refractivity contribution in [2.75, 3.05) is 45.9 Å². The average molecular weight is 323 g/mol. The van der Waals surface area contributed by atoms with Gasteiger partial charge in [-0.3, -0.25) is 9.89 Å². The van der Waals surface area contributed by atoms with Crippen molar-refractivity contribution in [1.29, 1.82) is 0 Å². The number of morpholine rings is 1. The molecule has 0 bridgehead atoms. The summed E-state index contributed by atoms with van der Waals surface area (Å²) in [6.07, 6.45) is 1.05. The summed E-state index contributed by atoms with van der Waals surface area (Å²) in [6, 6.07) is 0. The molecule has 1 aromatic rings. The number of nitrogens with zero attached hydrogens (tertiary/aromatic N) is 3. The van der Waals surface area contributed by atoms with Crippen LogP contribution < -0.4 is 11.1 Å². The third kappa shape index (κ3) is 5.51. The zero-order valence-corrected chi connectivity index (χ0v) is 14.5. The van der Waals surface area contributed by atoms with E-state index in [2.05, 4.69) is 27.3 Å². The first-order chi connectivity index (χ1) is 11.1. The first kappa shape index (κ1) is 17.7. The molecule has 7 heteroatoms. The highest BCUT2D eigenvalue weighted by Gasteiger charge is 2.16. The van der Waals surface area contributed by atoms with E-state index < -0.39 is 0 Å². The average Bonchev–Trinajstić information content (AvgIpc) is 2.89. The van der Waals surface area contributed by atoms with Gasteiger partial charge in [0, 0.05) is 37.7 Å². The first-order valence-corrected chi connectivity index (χ1v) is 8.34. The molecular formula is C16H29N5O2. The van der Waals surface area contributed by atoms with Crippen molar-refractivity contribution in [1.82, 2.24) is 15.4 Å². The lowest BCUT2D eigenvalue weighted by Crippen LogP contribution is -2.39. The minimum Gasteiger partial charge on any atom is -0.379 e. The molecule has 23 heavy (non-hydrogen) atoms. The van der Waals surface area contributed by atoms with Crippen molar-refractivity contribution < 1.29 is 9.26 Å². The van der Waals surface area contributed by atoms with Crippen LogP contribution >= 0.6 is 0 Å². The van der Waals surface area contributed by atoms with Crippen LogP contribution in [0.5, 0.6) is 0 Å². The Morgan fingerprint density at radius 1 is 1.39 bits per heavy atom. The molecule has 1 atom stereocenters. The minimum absolute atomic E-state index is 0.245. The van der Waals surface area contributed by atoms with E-state index in [0.717, 1.165) is 62.8 Å². The van der Waals surface area contributed by atoms with Gasteiger partial charge < -0.3 is 20.3 Å². The zero-order chi connectivity index (χ0) is 16.7. The zero-order valence-electron chi connectivity index (χ0n) is 14.5. The number of rotatable bonds is 7. The SMILES string of the molecule is Cc1noc(C)c1C(C)CN=C(N)NCCCN1CCOCC1. The number of guanidine groups is 1. The third-order valence-corrected chi connectivity index (χ3v) is 4.18. The van der Waals surface area contributed by atoms with E-state index in [1.807, 2.05) is 13.8 Å². The molecule has 1 fully saturated rings. The normalized spacial score (nSPS) is 18.1. The molecule has 1 aromatic heterocycles. The van der Waals surface area contributed by atoms with Crippen molar-refractivity contribution in [3.05, 3.63) is 17.0 Å². The molecule has 3 N–H and O–H groups in total. The highest BCUT2D eigenvalue weighted by atomic mass is 16.5. The summed E-state index contributed by atoms with van der Waals surface area (Å²) in [6.45, 7) is 12.3. The highest BCUT2D eigenvalue weighted by Crippen LogP contribution is 2.22. The van der Waals surface area contributed by atoms with E-state index in [-0.39, 0.29) is 5.92 Å². The summed E-state index contributed by atoms with van der Waals surface area (Å²) in [5, 5.41) is 7.17. The molecule has 0 aromatic carbocycles. The summed E-state index contributed by atoms with van der Waals surface area (Å²) >= 11 is 0. The molecule has 2 rings (SSSR count). The molecule has 0 radical (unpaired) electrons. The van der Waals surface area contributed by atoms with Crippen LogP contribution in [0, 0.1) is 13.8 Å². The lowest BCUT2D eigenvalue weighted by molar-refractivity contribution is 0.0376. The van der Waals surface area contributed by atoms with E-state index in [1.54, 1.807) is 0 Å². The van der Waals surface area contributed by atoms with E-state index in [9.17, 15) is 0 Å². The summed E-state index contributed by atoms with van der Waals surface area (Å²) in [4.78, 5) is 6.84. The molecule has 0 spiro atoms. The topological polar surface area (TPSA) is 88.9 Å². The monoisotopic (exact) mass is 323 g/mol. The molecule has 130 valence electrons. The Morgan fingerprint density at radius 3 is 2.78 bits per heavy atom. The second-order valence-electron chi connectivity index (χ2n) is 6.10. The summed E-state index contributed by atoms with van der Waals surface area (Å²) in [7, 11) is 0. The van der Waals surface area contributed by atoms with Gasteiger partial charge >= 0.3 is 0 Å². The van der Waals surface area contributed by atoms with Crippen LogP contribution in [0.1, 0.15) is 36.3 Å². The van der Waals surface area contributed by atoms with Gasteiger partial charge in [-0.15, -0.1) is 0 Å². The Labute approximate surface area is 138 Å². The largest absolute Gasteiger partial charge is 0.379 e. The molecule has 7 nitrogen and oxygen atoms in total. The van der Waals surface area contributed by atoms with E-state index in [0.29, 0.717) is 12.5 Å². The van der Waals surface area contributed by atoms with Gasteiger partial charge in [0.15, 0.2) is 5.96 Å². The maximum atomic E-state index is 5.94. The van der Waals surface area contributed by atoms with Gasteiger partial charge in [0.1, 0.15) is 5.76 Å². The fourth-order valence-corrected chi connectivity index (χ4v) is 2.92. The molecular weight excluding hydrogens is 294 g/mol. The maximum Gasteiger partial charge on any atom is 0.188 e. The Hall–Kier alpha value is -1.60. The Bertz CT molecular complexity index is 489. The van der Waals surface area contributed by atoms with Gasteiger partial charge in [-0.05, 0) is 26.8 Å². The van der Waals surface area contributed by atoms with E-state index in [1.165, 1.54) is 0 Å².